The number of thiophene rings is 1. The number of carboxylic acid groups (broad SMARTS) is 1. The molecule has 0 atom stereocenters. The van der Waals surface area contributed by atoms with E-state index in [0.717, 1.165) is 11.3 Å². The van der Waals surface area contributed by atoms with Crippen molar-refractivity contribution in [1.29, 1.82) is 0 Å². The van der Waals surface area contributed by atoms with Crippen LogP contribution in [0.3, 0.4) is 0 Å². The van der Waals surface area contributed by atoms with Gasteiger partial charge in [-0.25, -0.2) is 27.9 Å². The summed E-state index contributed by atoms with van der Waals surface area (Å²) < 4.78 is 58.0. The largest absolute Gasteiger partial charge is 0.490 e. The molecule has 0 aliphatic carbocycles. The summed E-state index contributed by atoms with van der Waals surface area (Å²) in [5.41, 5.74) is 2.68. The fourth-order valence-corrected chi connectivity index (χ4v) is 4.32. The lowest BCUT2D eigenvalue weighted by Gasteiger charge is -2.10. The first-order valence-corrected chi connectivity index (χ1v) is 12.7. The molecule has 0 radical (unpaired) electrons. The fraction of sp³-hybridized carbons (Fsp3) is 0.0870. The van der Waals surface area contributed by atoms with E-state index in [1.54, 1.807) is 35.6 Å². The van der Waals surface area contributed by atoms with Crippen molar-refractivity contribution in [2.24, 2.45) is 0 Å². The normalized spacial score (nSPS) is 11.2. The van der Waals surface area contributed by atoms with Gasteiger partial charge in [0, 0.05) is 22.3 Å². The SMILES string of the molecule is CNS(=O)(=O)c1cccc(Nc2cc(Nc3ccc(-c4cccs4)cc3)ncn2)c1.O=C(O)C(F)(F)F. The van der Waals surface area contributed by atoms with Gasteiger partial charge in [0.25, 0.3) is 0 Å². The lowest BCUT2D eigenvalue weighted by Crippen LogP contribution is -2.21. The zero-order valence-corrected chi connectivity index (χ0v) is 20.7. The highest BCUT2D eigenvalue weighted by molar-refractivity contribution is 7.89. The highest BCUT2D eigenvalue weighted by Crippen LogP contribution is 2.27. The van der Waals surface area contributed by atoms with Crippen molar-refractivity contribution in [2.75, 3.05) is 17.7 Å². The Morgan fingerprint density at radius 3 is 2.08 bits per heavy atom. The van der Waals surface area contributed by atoms with E-state index < -0.39 is 22.2 Å². The van der Waals surface area contributed by atoms with E-state index >= 15 is 0 Å². The summed E-state index contributed by atoms with van der Waals surface area (Å²) in [4.78, 5) is 18.8. The average Bonchev–Trinajstić information content (AvgIpc) is 3.40. The molecular formula is C23H20F3N5O4S2. The molecule has 0 aliphatic heterocycles. The van der Waals surface area contributed by atoms with Gasteiger partial charge in [0.2, 0.25) is 10.0 Å². The number of hydrogen-bond acceptors (Lipinski definition) is 8. The van der Waals surface area contributed by atoms with Crippen LogP contribution in [0.2, 0.25) is 0 Å². The minimum Gasteiger partial charge on any atom is -0.475 e. The van der Waals surface area contributed by atoms with Crippen molar-refractivity contribution >= 4 is 50.3 Å². The molecule has 0 saturated heterocycles. The number of nitrogens with one attached hydrogen (secondary N) is 3. The Hall–Kier alpha value is -4.01. The molecule has 2 aromatic heterocycles. The standard InChI is InChI=1S/C21H19N5O2S2.C2HF3O2/c1-22-30(27,28)18-5-2-4-17(12-18)26-21-13-20(23-14-24-21)25-16-9-7-15(8-10-16)19-6-3-11-29-19;3-2(4,5)1(6)7/h2-14,22H,1H3,(H2,23,24,25,26);(H,6,7). The van der Waals surface area contributed by atoms with Gasteiger partial charge in [0.05, 0.1) is 4.90 Å². The number of sulfonamides is 1. The highest BCUT2D eigenvalue weighted by atomic mass is 32.2. The molecule has 4 rings (SSSR count). The summed E-state index contributed by atoms with van der Waals surface area (Å²) >= 11 is 1.70. The van der Waals surface area contributed by atoms with Crippen LogP contribution >= 0.6 is 11.3 Å². The molecule has 2 heterocycles. The topological polar surface area (TPSA) is 133 Å². The minimum absolute atomic E-state index is 0.174. The summed E-state index contributed by atoms with van der Waals surface area (Å²) in [6.45, 7) is 0. The molecule has 0 fully saturated rings. The molecule has 37 heavy (non-hydrogen) atoms. The fourth-order valence-electron chi connectivity index (χ4n) is 2.81. The van der Waals surface area contributed by atoms with E-state index in [2.05, 4.69) is 48.9 Å². The van der Waals surface area contributed by atoms with Crippen LogP contribution in [0.25, 0.3) is 10.4 Å². The van der Waals surface area contributed by atoms with Crippen LogP contribution in [0.5, 0.6) is 0 Å². The predicted molar refractivity (Wildman–Crippen MR) is 135 cm³/mol. The van der Waals surface area contributed by atoms with Gasteiger partial charge in [-0.3, -0.25) is 0 Å². The van der Waals surface area contributed by atoms with E-state index in [9.17, 15) is 21.6 Å². The molecule has 0 unspecified atom stereocenters. The monoisotopic (exact) mass is 551 g/mol. The summed E-state index contributed by atoms with van der Waals surface area (Å²) in [7, 11) is -2.14. The molecule has 0 aliphatic rings. The number of rotatable bonds is 7. The van der Waals surface area contributed by atoms with Gasteiger partial charge < -0.3 is 15.7 Å². The van der Waals surface area contributed by atoms with E-state index in [1.807, 2.05) is 18.2 Å². The summed E-state index contributed by atoms with van der Waals surface area (Å²) in [6.07, 6.45) is -3.64. The maximum atomic E-state index is 12.0. The Balaban J connectivity index is 0.000000479. The number of hydrogen-bond donors (Lipinski definition) is 4. The van der Waals surface area contributed by atoms with Gasteiger partial charge >= 0.3 is 12.1 Å². The first-order chi connectivity index (χ1) is 17.5. The van der Waals surface area contributed by atoms with Crippen LogP contribution < -0.4 is 15.4 Å². The molecule has 194 valence electrons. The van der Waals surface area contributed by atoms with E-state index in [4.69, 9.17) is 9.90 Å². The Labute approximate surface area is 214 Å². The van der Waals surface area contributed by atoms with E-state index in [1.165, 1.54) is 24.3 Å². The quantitative estimate of drug-likeness (QED) is 0.245. The summed E-state index contributed by atoms with van der Waals surface area (Å²) in [6, 6.07) is 20.5. The molecule has 9 nitrogen and oxygen atoms in total. The number of nitrogens with zero attached hydrogens (tertiary/aromatic N) is 2. The predicted octanol–water partition coefficient (Wildman–Crippen LogP) is 5.23. The van der Waals surface area contributed by atoms with Gasteiger partial charge in [-0.05, 0) is 54.4 Å². The van der Waals surface area contributed by atoms with Crippen LogP contribution in [-0.2, 0) is 14.8 Å². The van der Waals surface area contributed by atoms with Crippen LogP contribution in [0.4, 0.5) is 36.2 Å². The van der Waals surface area contributed by atoms with Crippen molar-refractivity contribution in [1.82, 2.24) is 14.7 Å². The molecule has 4 N–H and O–H groups in total. The number of carboxylic acids is 1. The van der Waals surface area contributed by atoms with Gasteiger partial charge in [-0.1, -0.05) is 24.3 Å². The van der Waals surface area contributed by atoms with Crippen molar-refractivity contribution in [2.45, 2.75) is 11.1 Å². The molecule has 2 aromatic carbocycles. The Bertz CT molecular complexity index is 1450. The first kappa shape index (κ1) is 27.6. The Morgan fingerprint density at radius 2 is 1.54 bits per heavy atom. The molecule has 0 saturated carbocycles. The number of anilines is 4. The molecule has 0 spiro atoms. The molecule has 0 bridgehead atoms. The van der Waals surface area contributed by atoms with Crippen LogP contribution in [0, 0.1) is 0 Å². The maximum absolute atomic E-state index is 12.0. The van der Waals surface area contributed by atoms with E-state index in [-0.39, 0.29) is 4.90 Å². The highest BCUT2D eigenvalue weighted by Gasteiger charge is 2.38. The second kappa shape index (κ2) is 11.8. The van der Waals surface area contributed by atoms with Gasteiger partial charge in [0.15, 0.2) is 0 Å². The van der Waals surface area contributed by atoms with Crippen LogP contribution in [0.15, 0.2) is 83.3 Å². The lowest BCUT2D eigenvalue weighted by atomic mass is 10.2. The Morgan fingerprint density at radius 1 is 0.919 bits per heavy atom. The smallest absolute Gasteiger partial charge is 0.475 e. The maximum Gasteiger partial charge on any atom is 0.490 e. The third kappa shape index (κ3) is 7.99. The average molecular weight is 552 g/mol. The zero-order chi connectivity index (χ0) is 27.1. The number of halogens is 3. The van der Waals surface area contributed by atoms with Crippen molar-refractivity contribution < 1.29 is 31.5 Å². The third-order valence-corrected chi connectivity index (χ3v) is 6.89. The molecule has 4 aromatic rings. The molecule has 14 heteroatoms. The van der Waals surface area contributed by atoms with Gasteiger partial charge in [-0.2, -0.15) is 13.2 Å². The molecular weight excluding hydrogens is 531 g/mol. The van der Waals surface area contributed by atoms with Crippen molar-refractivity contribution in [3.63, 3.8) is 0 Å². The summed E-state index contributed by atoms with van der Waals surface area (Å²) in [5, 5.41) is 15.5. The third-order valence-electron chi connectivity index (χ3n) is 4.56. The number of aliphatic carboxylic acids is 1. The van der Waals surface area contributed by atoms with Gasteiger partial charge in [-0.15, -0.1) is 11.3 Å². The Kier molecular flexibility index (Phi) is 8.81. The molecule has 0 amide bonds. The summed E-state index contributed by atoms with van der Waals surface area (Å²) in [5.74, 6) is -1.59. The second-order valence-corrected chi connectivity index (χ2v) is 9.97. The number of carbonyl (C=O) groups is 1. The zero-order valence-electron chi connectivity index (χ0n) is 19.0. The second-order valence-electron chi connectivity index (χ2n) is 7.13. The van der Waals surface area contributed by atoms with Crippen LogP contribution in [-0.4, -0.2) is 42.7 Å². The van der Waals surface area contributed by atoms with Gasteiger partial charge in [0.1, 0.15) is 18.0 Å². The number of alkyl halides is 3. The van der Waals surface area contributed by atoms with E-state index in [0.29, 0.717) is 17.3 Å². The lowest BCUT2D eigenvalue weighted by molar-refractivity contribution is -0.192. The number of benzene rings is 2. The number of aromatic nitrogens is 2. The van der Waals surface area contributed by atoms with Crippen molar-refractivity contribution in [3.05, 3.63) is 78.4 Å². The van der Waals surface area contributed by atoms with Crippen molar-refractivity contribution in [3.8, 4) is 10.4 Å². The van der Waals surface area contributed by atoms with Crippen LogP contribution in [0.1, 0.15) is 0 Å². The first-order valence-electron chi connectivity index (χ1n) is 10.3. The minimum atomic E-state index is -5.08.